The van der Waals surface area contributed by atoms with Gasteiger partial charge in [-0.05, 0) is 31.0 Å². The van der Waals surface area contributed by atoms with E-state index in [4.69, 9.17) is 0 Å². The third-order valence-corrected chi connectivity index (χ3v) is 3.83. The zero-order chi connectivity index (χ0) is 17.7. The molecule has 1 aromatic rings. The largest absolute Gasteiger partial charge is 0.469 e. The minimum absolute atomic E-state index is 0.113. The number of esters is 1. The molecule has 1 fully saturated rings. The van der Waals surface area contributed by atoms with Crippen molar-refractivity contribution in [2.24, 2.45) is 0 Å². The number of nitrogens with zero attached hydrogens (tertiary/aromatic N) is 1. The van der Waals surface area contributed by atoms with Crippen LogP contribution in [0.2, 0.25) is 0 Å². The number of benzene rings is 1. The average molecular weight is 344 g/mol. The first-order valence-electron chi connectivity index (χ1n) is 7.64. The van der Waals surface area contributed by atoms with Crippen molar-refractivity contribution in [1.29, 1.82) is 0 Å². The Kier molecular flexibility index (Phi) is 5.69. The number of amides is 1. The average Bonchev–Trinajstić information content (AvgIpc) is 3.05. The molecule has 132 valence electrons. The molecule has 0 aliphatic carbocycles. The van der Waals surface area contributed by atoms with E-state index in [-0.39, 0.29) is 18.5 Å². The van der Waals surface area contributed by atoms with Crippen molar-refractivity contribution in [2.75, 3.05) is 30.4 Å². The van der Waals surface area contributed by atoms with E-state index in [0.29, 0.717) is 5.69 Å². The molecular weight excluding hydrogens is 325 g/mol. The lowest BCUT2D eigenvalue weighted by Crippen LogP contribution is -2.22. The van der Waals surface area contributed by atoms with Gasteiger partial charge in [0.2, 0.25) is 5.91 Å². The van der Waals surface area contributed by atoms with Crippen LogP contribution in [0.25, 0.3) is 0 Å². The molecular formula is C16H19F3N2O3. The quantitative estimate of drug-likeness (QED) is 0.834. The van der Waals surface area contributed by atoms with Gasteiger partial charge in [0, 0.05) is 19.5 Å². The van der Waals surface area contributed by atoms with Crippen molar-refractivity contribution in [2.45, 2.75) is 31.9 Å². The summed E-state index contributed by atoms with van der Waals surface area (Å²) in [7, 11) is 1.21. The monoisotopic (exact) mass is 344 g/mol. The van der Waals surface area contributed by atoms with Crippen molar-refractivity contribution in [3.8, 4) is 0 Å². The van der Waals surface area contributed by atoms with Crippen LogP contribution >= 0.6 is 0 Å². The number of hydrogen-bond donors (Lipinski definition) is 1. The predicted molar refractivity (Wildman–Crippen MR) is 82.8 cm³/mol. The smallest absolute Gasteiger partial charge is 0.416 e. The predicted octanol–water partition coefficient (Wildman–Crippen LogP) is 3.20. The van der Waals surface area contributed by atoms with Crippen LogP contribution in [0, 0.1) is 0 Å². The number of nitrogens with one attached hydrogen (secondary N) is 1. The fourth-order valence-corrected chi connectivity index (χ4v) is 2.58. The van der Waals surface area contributed by atoms with Gasteiger partial charge in [-0.1, -0.05) is 0 Å². The van der Waals surface area contributed by atoms with Crippen LogP contribution in [-0.4, -0.2) is 32.1 Å². The third-order valence-electron chi connectivity index (χ3n) is 3.83. The van der Waals surface area contributed by atoms with E-state index in [1.54, 1.807) is 0 Å². The second-order valence-corrected chi connectivity index (χ2v) is 5.55. The van der Waals surface area contributed by atoms with Crippen molar-refractivity contribution < 1.29 is 27.5 Å². The number of hydrogen-bond acceptors (Lipinski definition) is 4. The number of anilines is 2. The molecule has 0 aromatic heterocycles. The molecule has 1 amide bonds. The maximum atomic E-state index is 12.9. The Morgan fingerprint density at radius 1 is 1.21 bits per heavy atom. The number of rotatable bonds is 5. The number of carbonyl (C=O) groups is 2. The van der Waals surface area contributed by atoms with Crippen molar-refractivity contribution in [1.82, 2.24) is 0 Å². The molecule has 2 rings (SSSR count). The summed E-state index contributed by atoms with van der Waals surface area (Å²) in [5.41, 5.74) is -0.151. The summed E-state index contributed by atoms with van der Waals surface area (Å²) in [4.78, 5) is 25.0. The topological polar surface area (TPSA) is 58.6 Å². The number of carbonyl (C=O) groups excluding carboxylic acids is 2. The molecule has 5 nitrogen and oxygen atoms in total. The molecule has 0 radical (unpaired) electrons. The highest BCUT2D eigenvalue weighted by Gasteiger charge is 2.32. The van der Waals surface area contributed by atoms with Crippen LogP contribution in [0.15, 0.2) is 18.2 Å². The van der Waals surface area contributed by atoms with Crippen LogP contribution < -0.4 is 10.2 Å². The highest BCUT2D eigenvalue weighted by atomic mass is 19.4. The Labute approximate surface area is 137 Å². The maximum Gasteiger partial charge on any atom is 0.416 e. The molecule has 0 saturated carbocycles. The van der Waals surface area contributed by atoms with Gasteiger partial charge in [0.15, 0.2) is 0 Å². The molecule has 1 aliphatic rings. The van der Waals surface area contributed by atoms with Gasteiger partial charge in [-0.25, -0.2) is 0 Å². The van der Waals surface area contributed by atoms with E-state index in [1.165, 1.54) is 13.2 Å². The van der Waals surface area contributed by atoms with Gasteiger partial charge in [-0.3, -0.25) is 9.59 Å². The van der Waals surface area contributed by atoms with Crippen molar-refractivity contribution in [3.63, 3.8) is 0 Å². The van der Waals surface area contributed by atoms with E-state index in [9.17, 15) is 22.8 Å². The van der Waals surface area contributed by atoms with Crippen molar-refractivity contribution >= 4 is 23.3 Å². The van der Waals surface area contributed by atoms with Gasteiger partial charge in [0.25, 0.3) is 0 Å². The van der Waals surface area contributed by atoms with Crippen LogP contribution in [0.4, 0.5) is 24.5 Å². The summed E-state index contributed by atoms with van der Waals surface area (Å²) in [6.07, 6.45) is -2.86. The molecule has 1 heterocycles. The van der Waals surface area contributed by atoms with Crippen LogP contribution in [0.5, 0.6) is 0 Å². The maximum absolute atomic E-state index is 12.9. The Morgan fingerprint density at radius 2 is 1.88 bits per heavy atom. The highest BCUT2D eigenvalue weighted by Crippen LogP contribution is 2.36. The van der Waals surface area contributed by atoms with Gasteiger partial charge in [0.05, 0.1) is 30.5 Å². The third kappa shape index (κ3) is 4.62. The molecule has 1 saturated heterocycles. The summed E-state index contributed by atoms with van der Waals surface area (Å²) < 4.78 is 43.2. The summed E-state index contributed by atoms with van der Waals surface area (Å²) in [6.45, 7) is 1.47. The molecule has 0 spiro atoms. The second-order valence-electron chi connectivity index (χ2n) is 5.55. The summed E-state index contributed by atoms with van der Waals surface area (Å²) in [6, 6.07) is 3.32. The normalized spacial score (nSPS) is 14.6. The number of halogens is 3. The molecule has 0 atom stereocenters. The summed E-state index contributed by atoms with van der Waals surface area (Å²) in [5.74, 6) is -1.07. The van der Waals surface area contributed by atoms with Crippen molar-refractivity contribution in [3.05, 3.63) is 23.8 Å². The molecule has 0 unspecified atom stereocenters. The van der Waals surface area contributed by atoms with Gasteiger partial charge in [-0.15, -0.1) is 0 Å². The lowest BCUT2D eigenvalue weighted by molar-refractivity contribution is -0.141. The first-order valence-corrected chi connectivity index (χ1v) is 7.64. The number of alkyl halides is 3. The van der Waals surface area contributed by atoms with Gasteiger partial charge >= 0.3 is 12.1 Å². The fraction of sp³-hybridized carbons (Fsp3) is 0.500. The van der Waals surface area contributed by atoms with Crippen LogP contribution in [0.3, 0.4) is 0 Å². The molecule has 1 aliphatic heterocycles. The van der Waals surface area contributed by atoms with E-state index in [2.05, 4.69) is 10.1 Å². The molecule has 8 heteroatoms. The van der Waals surface area contributed by atoms with E-state index < -0.39 is 23.6 Å². The zero-order valence-corrected chi connectivity index (χ0v) is 13.3. The van der Waals surface area contributed by atoms with E-state index >= 15 is 0 Å². The molecule has 1 N–H and O–H groups in total. The highest BCUT2D eigenvalue weighted by molar-refractivity contribution is 5.96. The number of methoxy groups -OCH3 is 1. The van der Waals surface area contributed by atoms with Gasteiger partial charge in [0.1, 0.15) is 0 Å². The molecule has 0 bridgehead atoms. The minimum Gasteiger partial charge on any atom is -0.469 e. The van der Waals surface area contributed by atoms with E-state index in [0.717, 1.165) is 38.1 Å². The minimum atomic E-state index is -4.49. The Balaban J connectivity index is 2.20. The number of ether oxygens (including phenoxy) is 1. The van der Waals surface area contributed by atoms with Gasteiger partial charge < -0.3 is 15.0 Å². The Morgan fingerprint density at radius 3 is 2.46 bits per heavy atom. The van der Waals surface area contributed by atoms with E-state index in [1.807, 2.05) is 4.90 Å². The lowest BCUT2D eigenvalue weighted by atomic mass is 10.1. The summed E-state index contributed by atoms with van der Waals surface area (Å²) >= 11 is 0. The van der Waals surface area contributed by atoms with Crippen LogP contribution in [0.1, 0.15) is 31.2 Å². The Bertz CT molecular complexity index is 611. The van der Waals surface area contributed by atoms with Crippen LogP contribution in [-0.2, 0) is 20.5 Å². The lowest BCUT2D eigenvalue weighted by Gasteiger charge is -2.23. The zero-order valence-electron chi connectivity index (χ0n) is 13.3. The molecule has 24 heavy (non-hydrogen) atoms. The Hall–Kier alpha value is -2.25. The molecule has 1 aromatic carbocycles. The standard InChI is InChI=1S/C16H19F3N2O3/c1-24-15(23)7-6-14(22)20-12-10-11(16(17,18)19)4-5-13(12)21-8-2-3-9-21/h4-5,10H,2-3,6-9H2,1H3,(H,20,22). The second kappa shape index (κ2) is 7.55. The van der Waals surface area contributed by atoms with Gasteiger partial charge in [-0.2, -0.15) is 13.2 Å². The first-order chi connectivity index (χ1) is 11.3. The SMILES string of the molecule is COC(=O)CCC(=O)Nc1cc(C(F)(F)F)ccc1N1CCCC1. The fourth-order valence-electron chi connectivity index (χ4n) is 2.58. The first kappa shape index (κ1) is 18.1. The summed E-state index contributed by atoms with van der Waals surface area (Å²) in [5, 5.41) is 2.49.